The van der Waals surface area contributed by atoms with Crippen molar-refractivity contribution in [1.29, 1.82) is 0 Å². The number of pyridine rings is 1. The Labute approximate surface area is 145 Å². The summed E-state index contributed by atoms with van der Waals surface area (Å²) in [6.45, 7) is 2.48. The molecule has 0 saturated carbocycles. The van der Waals surface area contributed by atoms with Crippen LogP contribution in [0.2, 0.25) is 5.15 Å². The maximum absolute atomic E-state index is 12.2. The van der Waals surface area contributed by atoms with Crippen LogP contribution in [-0.2, 0) is 0 Å². The predicted molar refractivity (Wildman–Crippen MR) is 97.7 cm³/mol. The molecule has 1 aromatic heterocycles. The normalized spacial score (nSPS) is 11.1. The van der Waals surface area contributed by atoms with Gasteiger partial charge in [0.1, 0.15) is 16.4 Å². The Morgan fingerprint density at radius 3 is 2.71 bits per heavy atom. The van der Waals surface area contributed by atoms with Gasteiger partial charge in [-0.1, -0.05) is 54.1 Å². The zero-order chi connectivity index (χ0) is 16.9. The van der Waals surface area contributed by atoms with Crippen molar-refractivity contribution >= 4 is 34.4 Å². The highest BCUT2D eigenvalue weighted by Gasteiger charge is 2.08. The third kappa shape index (κ3) is 3.47. The quantitative estimate of drug-likeness (QED) is 0.365. The Kier molecular flexibility index (Phi) is 4.92. The first-order valence-electron chi connectivity index (χ1n) is 7.68. The Bertz CT molecular complexity index is 904. The molecule has 0 aliphatic heterocycles. The number of ketones is 1. The van der Waals surface area contributed by atoms with Crippen molar-refractivity contribution in [3.05, 3.63) is 77.0 Å². The molecule has 0 amide bonds. The van der Waals surface area contributed by atoms with Gasteiger partial charge in [-0.3, -0.25) is 4.79 Å². The van der Waals surface area contributed by atoms with E-state index in [2.05, 4.69) is 4.98 Å². The van der Waals surface area contributed by atoms with E-state index in [1.807, 2.05) is 49.4 Å². The average Bonchev–Trinajstić information content (AvgIpc) is 2.61. The number of benzene rings is 2. The molecule has 0 unspecified atom stereocenters. The molecule has 4 heteroatoms. The monoisotopic (exact) mass is 337 g/mol. The van der Waals surface area contributed by atoms with Gasteiger partial charge < -0.3 is 4.74 Å². The summed E-state index contributed by atoms with van der Waals surface area (Å²) in [6.07, 6.45) is 3.20. The van der Waals surface area contributed by atoms with Gasteiger partial charge in [0.2, 0.25) is 0 Å². The van der Waals surface area contributed by atoms with Crippen LogP contribution >= 0.6 is 11.6 Å². The van der Waals surface area contributed by atoms with E-state index in [0.29, 0.717) is 28.6 Å². The maximum atomic E-state index is 12.2. The molecule has 0 aliphatic rings. The van der Waals surface area contributed by atoms with E-state index in [9.17, 15) is 4.79 Å². The van der Waals surface area contributed by atoms with Crippen molar-refractivity contribution in [1.82, 2.24) is 4.98 Å². The number of ether oxygens (including phenoxy) is 1. The van der Waals surface area contributed by atoms with E-state index in [4.69, 9.17) is 16.3 Å². The van der Waals surface area contributed by atoms with E-state index in [0.717, 1.165) is 10.9 Å². The third-order valence-electron chi connectivity index (χ3n) is 3.56. The molecule has 0 aliphatic carbocycles. The van der Waals surface area contributed by atoms with Crippen LogP contribution in [0.15, 0.2) is 60.7 Å². The number of hydrogen-bond donors (Lipinski definition) is 0. The van der Waals surface area contributed by atoms with Crippen LogP contribution in [0, 0.1) is 0 Å². The molecule has 0 spiro atoms. The lowest BCUT2D eigenvalue weighted by Crippen LogP contribution is -1.95. The summed E-state index contributed by atoms with van der Waals surface area (Å²) in [4.78, 5) is 16.6. The van der Waals surface area contributed by atoms with E-state index < -0.39 is 0 Å². The van der Waals surface area contributed by atoms with Crippen molar-refractivity contribution in [3.8, 4) is 5.75 Å². The van der Waals surface area contributed by atoms with E-state index in [1.165, 1.54) is 6.08 Å². The molecule has 3 nitrogen and oxygen atoms in total. The minimum Gasteiger partial charge on any atom is -0.492 e. The van der Waals surface area contributed by atoms with Gasteiger partial charge in [0.25, 0.3) is 0 Å². The fraction of sp³-hybridized carbons (Fsp3) is 0.100. The molecule has 2 aromatic carbocycles. The lowest BCUT2D eigenvalue weighted by atomic mass is 10.1. The van der Waals surface area contributed by atoms with Crippen molar-refractivity contribution in [2.45, 2.75) is 6.92 Å². The molecule has 120 valence electrons. The van der Waals surface area contributed by atoms with Crippen molar-refractivity contribution in [2.24, 2.45) is 0 Å². The molecule has 3 aromatic rings. The predicted octanol–water partition coefficient (Wildman–Crippen LogP) is 5.18. The number of rotatable bonds is 5. The van der Waals surface area contributed by atoms with Crippen LogP contribution in [0.1, 0.15) is 22.8 Å². The first-order chi connectivity index (χ1) is 11.7. The summed E-state index contributed by atoms with van der Waals surface area (Å²) >= 11 is 6.28. The fourth-order valence-electron chi connectivity index (χ4n) is 2.42. The summed E-state index contributed by atoms with van der Waals surface area (Å²) < 4.78 is 5.58. The zero-order valence-corrected chi connectivity index (χ0v) is 14.0. The highest BCUT2D eigenvalue weighted by atomic mass is 35.5. The first kappa shape index (κ1) is 16.2. The highest BCUT2D eigenvalue weighted by Crippen LogP contribution is 2.28. The molecule has 0 N–H and O–H groups in total. The van der Waals surface area contributed by atoms with Gasteiger partial charge >= 0.3 is 0 Å². The Balaban J connectivity index is 1.94. The standard InChI is InChI=1S/C20H16ClNO2/c1-2-24-18-10-6-9-15-13-16(20(21)22-19(15)18)11-12-17(23)14-7-4-3-5-8-14/h3-13H,2H2,1H3/b12-11+. The number of para-hydroxylation sites is 1. The molecular weight excluding hydrogens is 322 g/mol. The van der Waals surface area contributed by atoms with Gasteiger partial charge in [-0.05, 0) is 31.2 Å². The van der Waals surface area contributed by atoms with Gasteiger partial charge in [-0.25, -0.2) is 4.98 Å². The smallest absolute Gasteiger partial charge is 0.185 e. The van der Waals surface area contributed by atoms with Gasteiger partial charge in [0, 0.05) is 16.5 Å². The third-order valence-corrected chi connectivity index (χ3v) is 3.86. The number of halogens is 1. The Hall–Kier alpha value is -2.65. The van der Waals surface area contributed by atoms with Crippen LogP contribution in [-0.4, -0.2) is 17.4 Å². The van der Waals surface area contributed by atoms with Crippen LogP contribution in [0.4, 0.5) is 0 Å². The molecule has 0 bridgehead atoms. The molecule has 0 atom stereocenters. The summed E-state index contributed by atoms with van der Waals surface area (Å²) in [7, 11) is 0. The summed E-state index contributed by atoms with van der Waals surface area (Å²) in [5.74, 6) is 0.627. The Morgan fingerprint density at radius 2 is 1.96 bits per heavy atom. The minimum absolute atomic E-state index is 0.0742. The van der Waals surface area contributed by atoms with Crippen LogP contribution in [0.25, 0.3) is 17.0 Å². The second kappa shape index (κ2) is 7.28. The van der Waals surface area contributed by atoms with E-state index in [1.54, 1.807) is 18.2 Å². The number of fused-ring (bicyclic) bond motifs is 1. The molecule has 1 heterocycles. The number of allylic oxidation sites excluding steroid dienone is 1. The zero-order valence-electron chi connectivity index (χ0n) is 13.2. The molecule has 3 rings (SSSR count). The Morgan fingerprint density at radius 1 is 1.17 bits per heavy atom. The average molecular weight is 338 g/mol. The number of carbonyl (C=O) groups excluding carboxylic acids is 1. The number of aromatic nitrogens is 1. The maximum Gasteiger partial charge on any atom is 0.185 e. The first-order valence-corrected chi connectivity index (χ1v) is 8.06. The highest BCUT2D eigenvalue weighted by molar-refractivity contribution is 6.31. The number of carbonyl (C=O) groups is 1. The minimum atomic E-state index is -0.0742. The van der Waals surface area contributed by atoms with Crippen molar-refractivity contribution in [2.75, 3.05) is 6.61 Å². The van der Waals surface area contributed by atoms with Crippen LogP contribution in [0.5, 0.6) is 5.75 Å². The van der Waals surface area contributed by atoms with Crippen LogP contribution in [0.3, 0.4) is 0 Å². The van der Waals surface area contributed by atoms with Gasteiger partial charge in [-0.2, -0.15) is 0 Å². The van der Waals surface area contributed by atoms with Crippen LogP contribution < -0.4 is 4.74 Å². The second-order valence-electron chi connectivity index (χ2n) is 5.19. The van der Waals surface area contributed by atoms with E-state index >= 15 is 0 Å². The largest absolute Gasteiger partial charge is 0.492 e. The lowest BCUT2D eigenvalue weighted by Gasteiger charge is -2.08. The molecular formula is C20H16ClNO2. The molecule has 0 radical (unpaired) electrons. The number of nitrogens with zero attached hydrogens (tertiary/aromatic N) is 1. The summed E-state index contributed by atoms with van der Waals surface area (Å²) in [5.41, 5.74) is 2.05. The second-order valence-corrected chi connectivity index (χ2v) is 5.55. The molecule has 24 heavy (non-hydrogen) atoms. The van der Waals surface area contributed by atoms with Crippen molar-refractivity contribution in [3.63, 3.8) is 0 Å². The SMILES string of the molecule is CCOc1cccc2cc(/C=C/C(=O)c3ccccc3)c(Cl)nc12. The molecule has 0 saturated heterocycles. The molecule has 0 fully saturated rings. The lowest BCUT2D eigenvalue weighted by molar-refractivity contribution is 0.104. The summed E-state index contributed by atoms with van der Waals surface area (Å²) in [6, 6.07) is 16.7. The van der Waals surface area contributed by atoms with Gasteiger partial charge in [0.05, 0.1) is 6.61 Å². The summed E-state index contributed by atoms with van der Waals surface area (Å²) in [5, 5.41) is 1.25. The topological polar surface area (TPSA) is 39.2 Å². The fourth-order valence-corrected chi connectivity index (χ4v) is 2.62. The van der Waals surface area contributed by atoms with Gasteiger partial charge in [-0.15, -0.1) is 0 Å². The number of hydrogen-bond acceptors (Lipinski definition) is 3. The van der Waals surface area contributed by atoms with Gasteiger partial charge in [0.15, 0.2) is 5.78 Å². The van der Waals surface area contributed by atoms with E-state index in [-0.39, 0.29) is 5.78 Å². The van der Waals surface area contributed by atoms with Crippen molar-refractivity contribution < 1.29 is 9.53 Å².